The van der Waals surface area contributed by atoms with Gasteiger partial charge in [-0.05, 0) is 30.9 Å². The second-order valence-electron chi connectivity index (χ2n) is 7.73. The number of methoxy groups -OCH3 is 1. The highest BCUT2D eigenvalue weighted by Crippen LogP contribution is 2.65. The molecule has 2 aliphatic heterocycles. The van der Waals surface area contributed by atoms with Gasteiger partial charge in [0.15, 0.2) is 23.4 Å². The molecular formula is C20H23NO4. The van der Waals surface area contributed by atoms with Crippen LogP contribution in [0.5, 0.6) is 11.5 Å². The Kier molecular flexibility index (Phi) is 3.00. The first-order valence-corrected chi connectivity index (χ1v) is 9.04. The third-order valence-electron chi connectivity index (χ3n) is 7.06. The van der Waals surface area contributed by atoms with Gasteiger partial charge in [0.1, 0.15) is 0 Å². The number of benzene rings is 1. The van der Waals surface area contributed by atoms with E-state index in [0.29, 0.717) is 18.6 Å². The largest absolute Gasteiger partial charge is 0.504 e. The highest BCUT2D eigenvalue weighted by atomic mass is 16.5. The highest BCUT2D eigenvalue weighted by Gasteiger charge is 2.73. The Balaban J connectivity index is 1.81. The number of rotatable bonds is 3. The van der Waals surface area contributed by atoms with Gasteiger partial charge < -0.3 is 14.6 Å². The van der Waals surface area contributed by atoms with Crippen LogP contribution in [0.4, 0.5) is 0 Å². The summed E-state index contributed by atoms with van der Waals surface area (Å²) in [4.78, 5) is 15.2. The molecule has 0 amide bonds. The second-order valence-corrected chi connectivity index (χ2v) is 7.73. The number of ether oxygens (including phenoxy) is 2. The van der Waals surface area contributed by atoms with Crippen LogP contribution in [-0.4, -0.2) is 53.7 Å². The third kappa shape index (κ3) is 1.55. The van der Waals surface area contributed by atoms with Crippen molar-refractivity contribution in [2.75, 3.05) is 20.2 Å². The summed E-state index contributed by atoms with van der Waals surface area (Å²) in [6.45, 7) is 5.60. The SMILES string of the molecule is C=CCN1CCC23c4c5ccc(O)c4OC2C(=O)CC[C@]3(OC)[C@@H]1C5. The van der Waals surface area contributed by atoms with Gasteiger partial charge in [0.25, 0.3) is 0 Å². The monoisotopic (exact) mass is 341 g/mol. The van der Waals surface area contributed by atoms with Crippen LogP contribution in [0.2, 0.25) is 0 Å². The summed E-state index contributed by atoms with van der Waals surface area (Å²) < 4.78 is 12.4. The molecule has 0 aromatic heterocycles. The number of piperidine rings is 1. The van der Waals surface area contributed by atoms with Gasteiger partial charge >= 0.3 is 0 Å². The topological polar surface area (TPSA) is 59.0 Å². The molecule has 2 aliphatic carbocycles. The Morgan fingerprint density at radius 2 is 2.32 bits per heavy atom. The van der Waals surface area contributed by atoms with E-state index in [2.05, 4.69) is 11.5 Å². The molecule has 0 radical (unpaired) electrons. The van der Waals surface area contributed by atoms with E-state index in [4.69, 9.17) is 9.47 Å². The fourth-order valence-corrected chi connectivity index (χ4v) is 6.19. The zero-order chi connectivity index (χ0) is 17.4. The van der Waals surface area contributed by atoms with Crippen LogP contribution in [-0.2, 0) is 21.4 Å². The van der Waals surface area contributed by atoms with Crippen molar-refractivity contribution in [3.05, 3.63) is 35.9 Å². The molecule has 1 aromatic carbocycles. The predicted molar refractivity (Wildman–Crippen MR) is 92.1 cm³/mol. The summed E-state index contributed by atoms with van der Waals surface area (Å²) in [5.74, 6) is 0.772. The molecule has 1 saturated carbocycles. The Morgan fingerprint density at radius 3 is 3.08 bits per heavy atom. The summed E-state index contributed by atoms with van der Waals surface area (Å²) in [5, 5.41) is 10.4. The lowest BCUT2D eigenvalue weighted by molar-refractivity contribution is -0.200. The first-order valence-electron chi connectivity index (χ1n) is 9.04. The van der Waals surface area contributed by atoms with E-state index >= 15 is 0 Å². The van der Waals surface area contributed by atoms with E-state index in [1.165, 1.54) is 5.56 Å². The van der Waals surface area contributed by atoms with E-state index < -0.39 is 17.1 Å². The Labute approximate surface area is 147 Å². The molecule has 1 spiro atoms. The number of phenols is 1. The Morgan fingerprint density at radius 1 is 1.48 bits per heavy atom. The van der Waals surface area contributed by atoms with Crippen molar-refractivity contribution in [3.8, 4) is 11.5 Å². The van der Waals surface area contributed by atoms with Gasteiger partial charge in [-0.2, -0.15) is 0 Å². The lowest BCUT2D eigenvalue weighted by atomic mass is 9.49. The minimum absolute atomic E-state index is 0.132. The number of carbonyl (C=O) groups is 1. The standard InChI is InChI=1S/C20H23NO4/c1-3-9-21-10-8-19-16-12-4-5-13(22)17(16)25-18(19)14(23)6-7-20(19,24-2)15(21)11-12/h3-5,15,18,22H,1,6-11H2,2H3/t15-,18?,19?,20-/m0/s1. The van der Waals surface area contributed by atoms with Crippen molar-refractivity contribution in [2.45, 2.75) is 48.8 Å². The molecular weight excluding hydrogens is 318 g/mol. The zero-order valence-corrected chi connectivity index (χ0v) is 14.5. The number of likely N-dealkylation sites (tertiary alicyclic amines) is 1. The molecule has 5 heteroatoms. The van der Waals surface area contributed by atoms with Crippen LogP contribution < -0.4 is 4.74 Å². The molecule has 2 fully saturated rings. The van der Waals surface area contributed by atoms with E-state index in [9.17, 15) is 9.90 Å². The fraction of sp³-hybridized carbons (Fsp3) is 0.550. The number of nitrogens with zero attached hydrogens (tertiary/aromatic N) is 1. The minimum Gasteiger partial charge on any atom is -0.504 e. The van der Waals surface area contributed by atoms with Crippen LogP contribution in [0, 0.1) is 0 Å². The summed E-state index contributed by atoms with van der Waals surface area (Å²) in [7, 11) is 1.77. The molecule has 4 aliphatic rings. The molecule has 4 atom stereocenters. The van der Waals surface area contributed by atoms with Crippen LogP contribution in [0.3, 0.4) is 0 Å². The highest BCUT2D eigenvalue weighted by molar-refractivity contribution is 5.90. The molecule has 5 nitrogen and oxygen atoms in total. The number of carbonyl (C=O) groups excluding carboxylic acids is 1. The van der Waals surface area contributed by atoms with Gasteiger partial charge in [0.05, 0.1) is 11.0 Å². The van der Waals surface area contributed by atoms with Gasteiger partial charge in [-0.1, -0.05) is 12.1 Å². The first-order chi connectivity index (χ1) is 12.1. The van der Waals surface area contributed by atoms with Crippen molar-refractivity contribution < 1.29 is 19.4 Å². The molecule has 1 saturated heterocycles. The van der Waals surface area contributed by atoms with E-state index in [0.717, 1.165) is 31.5 Å². The zero-order valence-electron chi connectivity index (χ0n) is 14.5. The Hall–Kier alpha value is -1.85. The third-order valence-corrected chi connectivity index (χ3v) is 7.06. The van der Waals surface area contributed by atoms with Crippen molar-refractivity contribution in [3.63, 3.8) is 0 Å². The predicted octanol–water partition coefficient (Wildman–Crippen LogP) is 1.96. The maximum atomic E-state index is 12.8. The number of ketones is 1. The lowest BCUT2D eigenvalue weighted by Crippen LogP contribution is -2.77. The molecule has 132 valence electrons. The molecule has 2 unspecified atom stereocenters. The van der Waals surface area contributed by atoms with Gasteiger partial charge in [-0.25, -0.2) is 0 Å². The number of hydrogen-bond acceptors (Lipinski definition) is 5. The van der Waals surface area contributed by atoms with Gasteiger partial charge in [0, 0.05) is 38.2 Å². The van der Waals surface area contributed by atoms with E-state index in [1.54, 1.807) is 13.2 Å². The maximum Gasteiger partial charge on any atom is 0.174 e. The molecule has 1 N–H and O–H groups in total. The van der Waals surface area contributed by atoms with Crippen molar-refractivity contribution in [1.29, 1.82) is 0 Å². The molecule has 1 aromatic rings. The van der Waals surface area contributed by atoms with E-state index in [-0.39, 0.29) is 17.6 Å². The summed E-state index contributed by atoms with van der Waals surface area (Å²) in [6, 6.07) is 3.87. The molecule has 5 rings (SSSR count). The van der Waals surface area contributed by atoms with Gasteiger partial charge in [0.2, 0.25) is 0 Å². The molecule has 2 heterocycles. The van der Waals surface area contributed by atoms with E-state index in [1.807, 2.05) is 12.1 Å². The number of Topliss-reactive ketones (excluding diaryl/α,β-unsaturated/α-hetero) is 1. The van der Waals surface area contributed by atoms with Gasteiger partial charge in [-0.3, -0.25) is 9.69 Å². The number of phenolic OH excluding ortho intramolecular Hbond substituents is 1. The summed E-state index contributed by atoms with van der Waals surface area (Å²) >= 11 is 0. The number of aromatic hydroxyl groups is 1. The van der Waals surface area contributed by atoms with Crippen molar-refractivity contribution in [2.24, 2.45) is 0 Å². The average Bonchev–Trinajstić information content (AvgIpc) is 2.97. The lowest BCUT2D eigenvalue weighted by Gasteiger charge is -2.64. The first kappa shape index (κ1) is 15.4. The van der Waals surface area contributed by atoms with Crippen LogP contribution >= 0.6 is 0 Å². The van der Waals surface area contributed by atoms with Crippen molar-refractivity contribution in [1.82, 2.24) is 4.90 Å². The fourth-order valence-electron chi connectivity index (χ4n) is 6.19. The quantitative estimate of drug-likeness (QED) is 0.852. The maximum absolute atomic E-state index is 12.8. The summed E-state index contributed by atoms with van der Waals surface area (Å²) in [6.07, 6.45) is 4.20. The second kappa shape index (κ2) is 4.86. The van der Waals surface area contributed by atoms with Crippen molar-refractivity contribution >= 4 is 5.78 Å². The van der Waals surface area contributed by atoms with Gasteiger partial charge in [-0.15, -0.1) is 6.58 Å². The average molecular weight is 341 g/mol. The smallest absolute Gasteiger partial charge is 0.174 e. The van der Waals surface area contributed by atoms with Crippen LogP contribution in [0.25, 0.3) is 0 Å². The minimum atomic E-state index is -0.545. The molecule has 25 heavy (non-hydrogen) atoms. The van der Waals surface area contributed by atoms with Crippen LogP contribution in [0.15, 0.2) is 24.8 Å². The Bertz CT molecular complexity index is 790. The molecule has 2 bridgehead atoms. The van der Waals surface area contributed by atoms with Crippen LogP contribution in [0.1, 0.15) is 30.4 Å². The summed E-state index contributed by atoms with van der Waals surface area (Å²) in [5.41, 5.74) is 1.26. The normalized spacial score (nSPS) is 38.2. The number of hydrogen-bond donors (Lipinski definition) is 1.